The van der Waals surface area contributed by atoms with E-state index in [9.17, 15) is 4.79 Å². The van der Waals surface area contributed by atoms with Crippen molar-refractivity contribution < 1.29 is 9.22 Å². The zero-order valence-corrected chi connectivity index (χ0v) is 16.1. The SMILES string of the molecule is C=C(C)C(=O)O[Si](CCCCC)(CCCCC)C1CCCC1. The van der Waals surface area contributed by atoms with E-state index in [1.54, 1.807) is 6.92 Å². The Bertz CT molecular complexity index is 335. The fourth-order valence-electron chi connectivity index (χ4n) is 3.79. The number of unbranched alkanes of at least 4 members (excludes halogenated alkanes) is 4. The molecule has 0 radical (unpaired) electrons. The summed E-state index contributed by atoms with van der Waals surface area (Å²) in [6.07, 6.45) is 12.7. The maximum absolute atomic E-state index is 12.3. The maximum Gasteiger partial charge on any atom is 0.319 e. The molecule has 0 heterocycles. The second-order valence-corrected chi connectivity index (χ2v) is 11.3. The molecule has 22 heavy (non-hydrogen) atoms. The molecule has 0 spiro atoms. The van der Waals surface area contributed by atoms with Gasteiger partial charge in [-0.1, -0.05) is 71.8 Å². The van der Waals surface area contributed by atoms with Crippen molar-refractivity contribution in [2.24, 2.45) is 0 Å². The van der Waals surface area contributed by atoms with E-state index in [0.29, 0.717) is 11.1 Å². The topological polar surface area (TPSA) is 26.3 Å². The Morgan fingerprint density at radius 1 is 1.05 bits per heavy atom. The molecule has 0 bridgehead atoms. The molecule has 128 valence electrons. The number of carbonyl (C=O) groups is 1. The fraction of sp³-hybridized carbons (Fsp3) is 0.842. The van der Waals surface area contributed by atoms with Crippen molar-refractivity contribution in [1.29, 1.82) is 0 Å². The second-order valence-electron chi connectivity index (χ2n) is 7.13. The van der Waals surface area contributed by atoms with E-state index in [1.807, 2.05) is 0 Å². The van der Waals surface area contributed by atoms with Gasteiger partial charge in [0.2, 0.25) is 0 Å². The molecule has 3 heteroatoms. The summed E-state index contributed by atoms with van der Waals surface area (Å²) in [5.74, 6) is -0.119. The minimum Gasteiger partial charge on any atom is -0.516 e. The van der Waals surface area contributed by atoms with Gasteiger partial charge in [-0.15, -0.1) is 0 Å². The van der Waals surface area contributed by atoms with Crippen molar-refractivity contribution in [2.75, 3.05) is 0 Å². The van der Waals surface area contributed by atoms with Gasteiger partial charge in [0.05, 0.1) is 0 Å². The fourth-order valence-corrected chi connectivity index (χ4v) is 8.93. The monoisotopic (exact) mass is 324 g/mol. The van der Waals surface area contributed by atoms with Crippen LogP contribution in [0.4, 0.5) is 0 Å². The molecule has 1 aliphatic carbocycles. The van der Waals surface area contributed by atoms with Crippen molar-refractivity contribution >= 4 is 14.3 Å². The molecule has 0 unspecified atom stereocenters. The quantitative estimate of drug-likeness (QED) is 0.250. The first-order valence-electron chi connectivity index (χ1n) is 9.44. The molecule has 1 fully saturated rings. The summed E-state index contributed by atoms with van der Waals surface area (Å²) >= 11 is 0. The highest BCUT2D eigenvalue weighted by molar-refractivity contribution is 6.76. The molecule has 0 amide bonds. The molecule has 0 saturated heterocycles. The van der Waals surface area contributed by atoms with Crippen LogP contribution in [-0.2, 0) is 9.22 Å². The van der Waals surface area contributed by atoms with Crippen LogP contribution in [0.15, 0.2) is 12.2 Å². The van der Waals surface area contributed by atoms with Gasteiger partial charge >= 0.3 is 5.97 Å². The molecule has 1 aliphatic rings. The highest BCUT2D eigenvalue weighted by Gasteiger charge is 2.46. The van der Waals surface area contributed by atoms with Crippen LogP contribution in [-0.4, -0.2) is 14.3 Å². The van der Waals surface area contributed by atoms with E-state index in [-0.39, 0.29) is 5.97 Å². The lowest BCUT2D eigenvalue weighted by Crippen LogP contribution is -2.44. The van der Waals surface area contributed by atoms with Crippen LogP contribution in [0.25, 0.3) is 0 Å². The predicted molar refractivity (Wildman–Crippen MR) is 97.5 cm³/mol. The lowest BCUT2D eigenvalue weighted by molar-refractivity contribution is -0.131. The van der Waals surface area contributed by atoms with Gasteiger partial charge in [-0.2, -0.15) is 0 Å². The van der Waals surface area contributed by atoms with E-state index in [0.717, 1.165) is 0 Å². The third-order valence-corrected chi connectivity index (χ3v) is 10.2. The number of hydrogen-bond acceptors (Lipinski definition) is 2. The largest absolute Gasteiger partial charge is 0.516 e. The van der Waals surface area contributed by atoms with E-state index in [1.165, 1.54) is 76.3 Å². The van der Waals surface area contributed by atoms with Crippen LogP contribution < -0.4 is 0 Å². The summed E-state index contributed by atoms with van der Waals surface area (Å²) in [6, 6.07) is 2.35. The second kappa shape index (κ2) is 10.2. The Morgan fingerprint density at radius 2 is 1.55 bits per heavy atom. The van der Waals surface area contributed by atoms with Crippen molar-refractivity contribution in [3.05, 3.63) is 12.2 Å². The minimum atomic E-state index is -1.97. The van der Waals surface area contributed by atoms with Crippen LogP contribution in [0.1, 0.15) is 85.0 Å². The Labute approximate surface area is 138 Å². The van der Waals surface area contributed by atoms with Gasteiger partial charge in [-0.3, -0.25) is 0 Å². The third kappa shape index (κ3) is 5.90. The average Bonchev–Trinajstić information content (AvgIpc) is 3.02. The standard InChI is InChI=1S/C19H36O2Si/c1-5-7-11-15-22(16-12-8-6-2,18-13-9-10-14-18)21-19(20)17(3)4/h18H,3,5-16H2,1-2,4H3. The van der Waals surface area contributed by atoms with Crippen LogP contribution in [0.5, 0.6) is 0 Å². The van der Waals surface area contributed by atoms with E-state index in [2.05, 4.69) is 20.4 Å². The number of hydrogen-bond donors (Lipinski definition) is 0. The van der Waals surface area contributed by atoms with Crippen molar-refractivity contribution in [3.63, 3.8) is 0 Å². The van der Waals surface area contributed by atoms with Gasteiger partial charge in [0, 0.05) is 5.57 Å². The summed E-state index contributed by atoms with van der Waals surface area (Å²) in [4.78, 5) is 12.3. The first kappa shape index (κ1) is 19.5. The average molecular weight is 325 g/mol. The van der Waals surface area contributed by atoms with Gasteiger partial charge in [0.15, 0.2) is 0 Å². The smallest absolute Gasteiger partial charge is 0.319 e. The Balaban J connectivity index is 2.87. The zero-order chi connectivity index (χ0) is 16.4. The van der Waals surface area contributed by atoms with E-state index in [4.69, 9.17) is 4.43 Å². The molecule has 0 N–H and O–H groups in total. The van der Waals surface area contributed by atoms with Gasteiger partial charge in [-0.05, 0) is 37.4 Å². The van der Waals surface area contributed by atoms with Crippen LogP contribution in [0.3, 0.4) is 0 Å². The molecule has 0 aromatic heterocycles. The molecule has 0 aromatic carbocycles. The summed E-state index contributed by atoms with van der Waals surface area (Å²) in [5.41, 5.74) is 1.27. The minimum absolute atomic E-state index is 0.119. The molecule has 0 aliphatic heterocycles. The zero-order valence-electron chi connectivity index (χ0n) is 15.1. The third-order valence-electron chi connectivity index (χ3n) is 5.15. The van der Waals surface area contributed by atoms with E-state index < -0.39 is 8.32 Å². The molecule has 0 aromatic rings. The molecule has 1 rings (SSSR count). The molecular weight excluding hydrogens is 288 g/mol. The highest BCUT2D eigenvalue weighted by Crippen LogP contribution is 2.45. The normalized spacial score (nSPS) is 16.0. The van der Waals surface area contributed by atoms with Gasteiger partial charge in [0.25, 0.3) is 8.32 Å². The molecular formula is C19H36O2Si. The summed E-state index contributed by atoms with van der Waals surface area (Å²) < 4.78 is 6.28. The Morgan fingerprint density at radius 3 is 1.95 bits per heavy atom. The Hall–Kier alpha value is -0.573. The summed E-state index contributed by atoms with van der Waals surface area (Å²) in [7, 11) is -1.97. The van der Waals surface area contributed by atoms with Crippen molar-refractivity contribution in [2.45, 2.75) is 103 Å². The van der Waals surface area contributed by atoms with Crippen LogP contribution in [0.2, 0.25) is 17.6 Å². The lowest BCUT2D eigenvalue weighted by Gasteiger charge is -2.36. The van der Waals surface area contributed by atoms with E-state index >= 15 is 0 Å². The van der Waals surface area contributed by atoms with Crippen LogP contribution in [0, 0.1) is 0 Å². The molecule has 1 saturated carbocycles. The predicted octanol–water partition coefficient (Wildman–Crippen LogP) is 6.38. The number of carbonyl (C=O) groups excluding carboxylic acids is 1. The van der Waals surface area contributed by atoms with Gasteiger partial charge in [0.1, 0.15) is 0 Å². The van der Waals surface area contributed by atoms with Crippen molar-refractivity contribution in [1.82, 2.24) is 0 Å². The molecule has 0 atom stereocenters. The Kier molecular flexibility index (Phi) is 9.07. The first-order chi connectivity index (χ1) is 10.6. The number of rotatable bonds is 11. The van der Waals surface area contributed by atoms with Crippen molar-refractivity contribution in [3.8, 4) is 0 Å². The molecule has 2 nitrogen and oxygen atoms in total. The summed E-state index contributed by atoms with van der Waals surface area (Å²) in [6.45, 7) is 10.1. The van der Waals surface area contributed by atoms with Gasteiger partial charge in [-0.25, -0.2) is 4.79 Å². The maximum atomic E-state index is 12.3. The lowest BCUT2D eigenvalue weighted by atomic mass is 10.3. The van der Waals surface area contributed by atoms with Gasteiger partial charge < -0.3 is 4.43 Å². The summed E-state index contributed by atoms with van der Waals surface area (Å²) in [5, 5.41) is 0. The highest BCUT2D eigenvalue weighted by atomic mass is 28.4. The first-order valence-corrected chi connectivity index (χ1v) is 11.8. The van der Waals surface area contributed by atoms with Crippen LogP contribution >= 0.6 is 0 Å².